The first-order valence-electron chi connectivity index (χ1n) is 5.65. The van der Waals surface area contributed by atoms with Gasteiger partial charge in [-0.05, 0) is 47.0 Å². The number of hydrogen-bond donors (Lipinski definition) is 0. The van der Waals surface area contributed by atoms with Crippen molar-refractivity contribution in [3.63, 3.8) is 0 Å². The molecular formula is C12H15ClN2O2. The lowest BCUT2D eigenvalue weighted by atomic mass is 10.0. The van der Waals surface area contributed by atoms with Gasteiger partial charge in [0.05, 0.1) is 0 Å². The van der Waals surface area contributed by atoms with Crippen molar-refractivity contribution in [1.29, 1.82) is 0 Å². The molecule has 17 heavy (non-hydrogen) atoms. The van der Waals surface area contributed by atoms with Gasteiger partial charge in [0.1, 0.15) is 11.4 Å². The van der Waals surface area contributed by atoms with E-state index in [1.165, 1.54) is 12.1 Å². The maximum Gasteiger partial charge on any atom is 0.111 e. The summed E-state index contributed by atoms with van der Waals surface area (Å²) < 4.78 is 0. The molecule has 0 spiro atoms. The van der Waals surface area contributed by atoms with Crippen molar-refractivity contribution in [2.75, 3.05) is 0 Å². The van der Waals surface area contributed by atoms with Crippen molar-refractivity contribution in [1.82, 2.24) is 0 Å². The van der Waals surface area contributed by atoms with Crippen LogP contribution < -0.4 is 0 Å². The second kappa shape index (κ2) is 7.12. The van der Waals surface area contributed by atoms with Crippen molar-refractivity contribution in [2.45, 2.75) is 38.0 Å². The van der Waals surface area contributed by atoms with Crippen LogP contribution in [0, 0.1) is 9.81 Å². The normalized spacial score (nSPS) is 12.1. The minimum atomic E-state index is -0.0441. The number of hydrogen-bond acceptors (Lipinski definition) is 4. The number of nitrogens with zero attached hydrogens (tertiary/aromatic N) is 2. The number of rotatable bonds is 7. The molecule has 1 aromatic carbocycles. The van der Waals surface area contributed by atoms with E-state index >= 15 is 0 Å². The second-order valence-corrected chi connectivity index (χ2v) is 4.56. The monoisotopic (exact) mass is 254 g/mol. The van der Waals surface area contributed by atoms with E-state index in [2.05, 4.69) is 17.3 Å². The quantitative estimate of drug-likeness (QED) is 0.517. The summed E-state index contributed by atoms with van der Waals surface area (Å²) >= 11 is 6.17. The minimum absolute atomic E-state index is 0.0441. The van der Waals surface area contributed by atoms with Crippen LogP contribution in [-0.4, -0.2) is 5.38 Å². The molecule has 0 aliphatic heterocycles. The standard InChI is InChI=1S/C12H15ClN2O2/c1-2-3-4-10(13)7-9-8-11(14-16)5-6-12(9)15-17/h5-6,8,10H,2-4,7H2,1H3. The highest BCUT2D eigenvalue weighted by molar-refractivity contribution is 6.20. The molecule has 5 heteroatoms. The highest BCUT2D eigenvalue weighted by atomic mass is 35.5. The minimum Gasteiger partial charge on any atom is -0.145 e. The van der Waals surface area contributed by atoms with E-state index in [1.54, 1.807) is 6.07 Å². The van der Waals surface area contributed by atoms with E-state index in [9.17, 15) is 9.81 Å². The topological polar surface area (TPSA) is 58.9 Å². The summed E-state index contributed by atoms with van der Waals surface area (Å²) in [6.45, 7) is 2.10. The molecule has 0 radical (unpaired) electrons. The van der Waals surface area contributed by atoms with Crippen LogP contribution in [0.1, 0.15) is 31.7 Å². The third kappa shape index (κ3) is 4.23. The van der Waals surface area contributed by atoms with Gasteiger partial charge in [0.15, 0.2) is 0 Å². The van der Waals surface area contributed by atoms with Gasteiger partial charge < -0.3 is 0 Å². The summed E-state index contributed by atoms with van der Waals surface area (Å²) in [7, 11) is 0. The first kappa shape index (κ1) is 13.8. The van der Waals surface area contributed by atoms with Crippen LogP contribution in [0.25, 0.3) is 0 Å². The predicted molar refractivity (Wildman–Crippen MR) is 70.2 cm³/mol. The van der Waals surface area contributed by atoms with E-state index in [-0.39, 0.29) is 5.38 Å². The van der Waals surface area contributed by atoms with Gasteiger partial charge in [-0.2, -0.15) is 0 Å². The molecule has 4 nitrogen and oxygen atoms in total. The largest absolute Gasteiger partial charge is 0.145 e. The summed E-state index contributed by atoms with van der Waals surface area (Å²) in [6.07, 6.45) is 3.54. The lowest BCUT2D eigenvalue weighted by Crippen LogP contribution is -2.03. The Morgan fingerprint density at radius 2 is 2.06 bits per heavy atom. The summed E-state index contributed by atoms with van der Waals surface area (Å²) in [4.78, 5) is 21.0. The van der Waals surface area contributed by atoms with E-state index in [0.29, 0.717) is 23.4 Å². The van der Waals surface area contributed by atoms with Gasteiger partial charge in [0.2, 0.25) is 0 Å². The molecule has 1 atom stereocenters. The Hall–Kier alpha value is -1.29. The Balaban J connectivity index is 2.79. The van der Waals surface area contributed by atoms with Gasteiger partial charge in [-0.25, -0.2) is 0 Å². The fraction of sp³-hybridized carbons (Fsp3) is 0.500. The van der Waals surface area contributed by atoms with Crippen LogP contribution in [-0.2, 0) is 6.42 Å². The van der Waals surface area contributed by atoms with Crippen molar-refractivity contribution >= 4 is 23.0 Å². The zero-order valence-electron chi connectivity index (χ0n) is 9.73. The maximum atomic E-state index is 10.6. The van der Waals surface area contributed by atoms with Gasteiger partial charge >= 0.3 is 0 Å². The highest BCUT2D eigenvalue weighted by Crippen LogP contribution is 2.27. The molecule has 0 fully saturated rings. The number of halogens is 1. The molecule has 0 saturated heterocycles. The van der Waals surface area contributed by atoms with Crippen LogP contribution in [0.2, 0.25) is 0 Å². The van der Waals surface area contributed by atoms with Gasteiger partial charge in [-0.15, -0.1) is 21.4 Å². The maximum absolute atomic E-state index is 10.6. The Labute approximate surface area is 105 Å². The Kier molecular flexibility index (Phi) is 5.77. The van der Waals surface area contributed by atoms with E-state index in [4.69, 9.17) is 11.6 Å². The first-order valence-corrected chi connectivity index (χ1v) is 6.08. The van der Waals surface area contributed by atoms with Crippen molar-refractivity contribution in [2.24, 2.45) is 10.4 Å². The van der Waals surface area contributed by atoms with Crippen LogP contribution in [0.5, 0.6) is 0 Å². The van der Waals surface area contributed by atoms with Crippen molar-refractivity contribution in [3.05, 3.63) is 33.6 Å². The average Bonchev–Trinajstić information content (AvgIpc) is 2.36. The number of unbranched alkanes of at least 4 members (excludes halogenated alkanes) is 1. The Morgan fingerprint density at radius 1 is 1.29 bits per heavy atom. The van der Waals surface area contributed by atoms with Gasteiger partial charge in [-0.3, -0.25) is 0 Å². The molecule has 1 aromatic rings. The third-order valence-electron chi connectivity index (χ3n) is 2.58. The lowest BCUT2D eigenvalue weighted by molar-refractivity contribution is 0.674. The third-order valence-corrected chi connectivity index (χ3v) is 2.95. The summed E-state index contributed by atoms with van der Waals surface area (Å²) in [5, 5.41) is 5.72. The molecule has 0 aliphatic carbocycles. The molecule has 0 saturated carbocycles. The number of benzene rings is 1. The summed E-state index contributed by atoms with van der Waals surface area (Å²) in [5.41, 5.74) is 1.32. The smallest absolute Gasteiger partial charge is 0.111 e. The molecule has 1 unspecified atom stereocenters. The zero-order valence-corrected chi connectivity index (χ0v) is 10.5. The summed E-state index contributed by atoms with van der Waals surface area (Å²) in [6, 6.07) is 4.55. The van der Waals surface area contributed by atoms with Gasteiger partial charge in [0, 0.05) is 5.38 Å². The SMILES string of the molecule is CCCCC(Cl)Cc1cc(N=O)ccc1N=O. The molecule has 0 aromatic heterocycles. The van der Waals surface area contributed by atoms with Crippen LogP contribution in [0.15, 0.2) is 28.6 Å². The molecule has 0 amide bonds. The van der Waals surface area contributed by atoms with E-state index in [1.807, 2.05) is 0 Å². The molecule has 0 heterocycles. The van der Waals surface area contributed by atoms with E-state index < -0.39 is 0 Å². The highest BCUT2D eigenvalue weighted by Gasteiger charge is 2.11. The number of alkyl halides is 1. The molecular weight excluding hydrogens is 240 g/mol. The molecule has 0 bridgehead atoms. The van der Waals surface area contributed by atoms with E-state index in [0.717, 1.165) is 19.3 Å². The van der Waals surface area contributed by atoms with Gasteiger partial charge in [-0.1, -0.05) is 19.8 Å². The predicted octanol–water partition coefficient (Wildman–Crippen LogP) is 4.82. The van der Waals surface area contributed by atoms with Crippen LogP contribution >= 0.6 is 11.6 Å². The first-order chi connectivity index (χ1) is 8.21. The summed E-state index contributed by atoms with van der Waals surface area (Å²) in [5.74, 6) is 0. The van der Waals surface area contributed by atoms with Crippen LogP contribution in [0.3, 0.4) is 0 Å². The zero-order chi connectivity index (χ0) is 12.7. The van der Waals surface area contributed by atoms with Crippen molar-refractivity contribution < 1.29 is 0 Å². The fourth-order valence-corrected chi connectivity index (χ4v) is 1.97. The molecule has 0 aliphatic rings. The van der Waals surface area contributed by atoms with Crippen molar-refractivity contribution in [3.8, 4) is 0 Å². The molecule has 0 N–H and O–H groups in total. The Bertz CT molecular complexity index is 396. The average molecular weight is 255 g/mol. The molecule has 92 valence electrons. The molecule has 1 rings (SSSR count). The Morgan fingerprint density at radius 3 is 2.65 bits per heavy atom. The number of nitroso groups, excluding NO2 is 2. The fourth-order valence-electron chi connectivity index (χ4n) is 1.65. The second-order valence-electron chi connectivity index (χ2n) is 3.94. The lowest BCUT2D eigenvalue weighted by Gasteiger charge is -2.10. The van der Waals surface area contributed by atoms with Crippen LogP contribution in [0.4, 0.5) is 11.4 Å². The van der Waals surface area contributed by atoms with Gasteiger partial charge in [0.25, 0.3) is 0 Å².